The molecule has 142 valence electrons. The largest absolute Gasteiger partial charge is 0.465 e. The van der Waals surface area contributed by atoms with Gasteiger partial charge in [-0.1, -0.05) is 24.6 Å². The molecular weight excluding hydrogens is 342 g/mol. The van der Waals surface area contributed by atoms with E-state index in [-0.39, 0.29) is 12.6 Å². The molecule has 1 heterocycles. The summed E-state index contributed by atoms with van der Waals surface area (Å²) in [5.74, 6) is 1.31. The van der Waals surface area contributed by atoms with Gasteiger partial charge in [0.15, 0.2) is 0 Å². The normalized spacial score (nSPS) is 23.6. The number of fused-ring (bicyclic) bond motifs is 3. The topological polar surface area (TPSA) is 65.5 Å². The molecule has 2 aliphatic rings. The summed E-state index contributed by atoms with van der Waals surface area (Å²) >= 11 is 0. The lowest BCUT2D eigenvalue weighted by atomic mass is 9.86. The van der Waals surface area contributed by atoms with E-state index in [1.807, 2.05) is 31.2 Å². The number of para-hydroxylation sites is 1. The lowest BCUT2D eigenvalue weighted by Gasteiger charge is -2.20. The highest BCUT2D eigenvalue weighted by atomic mass is 16.5. The molecular formula is C22H25NO4. The number of rotatable bonds is 5. The first-order valence-corrected chi connectivity index (χ1v) is 9.69. The van der Waals surface area contributed by atoms with Gasteiger partial charge in [-0.05, 0) is 55.6 Å². The Labute approximate surface area is 159 Å². The summed E-state index contributed by atoms with van der Waals surface area (Å²) in [6.07, 6.45) is 5.47. The summed E-state index contributed by atoms with van der Waals surface area (Å²) in [5.41, 5.74) is 2.43. The fraction of sp³-hybridized carbons (Fsp3) is 0.500. The van der Waals surface area contributed by atoms with Crippen LogP contribution < -0.4 is 0 Å². The zero-order chi connectivity index (χ0) is 19.0. The summed E-state index contributed by atoms with van der Waals surface area (Å²) in [4.78, 5) is 29.3. The molecule has 2 aromatic rings. The first kappa shape index (κ1) is 18.0. The molecule has 2 bridgehead atoms. The van der Waals surface area contributed by atoms with Gasteiger partial charge in [0.1, 0.15) is 6.61 Å². The minimum Gasteiger partial charge on any atom is -0.465 e. The summed E-state index contributed by atoms with van der Waals surface area (Å²) in [5, 5.41) is 0.898. The van der Waals surface area contributed by atoms with Gasteiger partial charge in [-0.25, -0.2) is 9.78 Å². The molecule has 0 aliphatic heterocycles. The number of methoxy groups -OCH3 is 1. The fourth-order valence-corrected chi connectivity index (χ4v) is 4.97. The Morgan fingerprint density at radius 3 is 2.70 bits per heavy atom. The fourth-order valence-electron chi connectivity index (χ4n) is 4.97. The molecule has 0 N–H and O–H groups in total. The predicted molar refractivity (Wildman–Crippen MR) is 101 cm³/mol. The van der Waals surface area contributed by atoms with E-state index in [0.29, 0.717) is 29.5 Å². The van der Waals surface area contributed by atoms with Crippen molar-refractivity contribution < 1.29 is 19.1 Å². The van der Waals surface area contributed by atoms with Gasteiger partial charge in [-0.2, -0.15) is 0 Å². The van der Waals surface area contributed by atoms with Crippen LogP contribution in [-0.2, 0) is 20.9 Å². The summed E-state index contributed by atoms with van der Waals surface area (Å²) in [6, 6.07) is 7.63. The molecule has 2 aliphatic carbocycles. The van der Waals surface area contributed by atoms with Crippen molar-refractivity contribution in [2.75, 3.05) is 7.11 Å². The van der Waals surface area contributed by atoms with E-state index in [9.17, 15) is 9.59 Å². The zero-order valence-electron chi connectivity index (χ0n) is 15.9. The number of ether oxygens (including phenoxy) is 2. The van der Waals surface area contributed by atoms with E-state index in [2.05, 4.69) is 4.98 Å². The number of benzene rings is 1. The Bertz CT molecular complexity index is 891. The molecule has 0 amide bonds. The molecule has 0 unspecified atom stereocenters. The van der Waals surface area contributed by atoms with E-state index >= 15 is 0 Å². The van der Waals surface area contributed by atoms with Crippen LogP contribution in [0.4, 0.5) is 0 Å². The van der Waals surface area contributed by atoms with Gasteiger partial charge in [-0.15, -0.1) is 0 Å². The van der Waals surface area contributed by atoms with Crippen molar-refractivity contribution in [3.63, 3.8) is 0 Å². The van der Waals surface area contributed by atoms with Crippen LogP contribution in [0, 0.1) is 24.7 Å². The number of carbonyl (C=O) groups is 2. The van der Waals surface area contributed by atoms with Crippen molar-refractivity contribution in [1.82, 2.24) is 4.98 Å². The van der Waals surface area contributed by atoms with Crippen LogP contribution in [0.25, 0.3) is 10.9 Å². The maximum atomic E-state index is 12.4. The smallest absolute Gasteiger partial charge is 0.340 e. The second-order valence-electron chi connectivity index (χ2n) is 7.87. The lowest BCUT2D eigenvalue weighted by Crippen LogP contribution is -2.18. The lowest BCUT2D eigenvalue weighted by molar-refractivity contribution is -0.146. The third-order valence-electron chi connectivity index (χ3n) is 6.30. The summed E-state index contributed by atoms with van der Waals surface area (Å²) in [7, 11) is 1.35. The third-order valence-corrected chi connectivity index (χ3v) is 6.30. The Morgan fingerprint density at radius 1 is 1.19 bits per heavy atom. The minimum atomic E-state index is -0.454. The molecule has 5 heteroatoms. The maximum absolute atomic E-state index is 12.4. The van der Waals surface area contributed by atoms with Crippen molar-refractivity contribution >= 4 is 22.8 Å². The van der Waals surface area contributed by atoms with Crippen molar-refractivity contribution in [3.8, 4) is 0 Å². The average molecular weight is 367 g/mol. The monoisotopic (exact) mass is 367 g/mol. The second kappa shape index (κ2) is 7.29. The molecule has 4 rings (SSSR count). The van der Waals surface area contributed by atoms with E-state index in [1.165, 1.54) is 26.4 Å². The number of esters is 2. The highest BCUT2D eigenvalue weighted by molar-refractivity contribution is 5.98. The van der Waals surface area contributed by atoms with Crippen molar-refractivity contribution in [1.29, 1.82) is 0 Å². The molecule has 1 aromatic heterocycles. The maximum Gasteiger partial charge on any atom is 0.340 e. The molecule has 0 spiro atoms. The molecule has 0 radical (unpaired) electrons. The third kappa shape index (κ3) is 3.43. The first-order chi connectivity index (χ1) is 13.1. The van der Waals surface area contributed by atoms with Crippen molar-refractivity contribution in [3.05, 3.63) is 41.1 Å². The zero-order valence-corrected chi connectivity index (χ0v) is 15.9. The first-order valence-electron chi connectivity index (χ1n) is 9.69. The number of aromatic nitrogens is 1. The molecule has 1 aromatic carbocycles. The Morgan fingerprint density at radius 2 is 2.00 bits per heavy atom. The molecule has 2 fully saturated rings. The standard InChI is InChI=1S/C22H25NO4/c1-13-17-5-3-4-6-18(17)23-19(21(13)22(25)26-2)12-27-20(24)11-16-10-14-7-8-15(16)9-14/h3-6,14-16H,7-12H2,1-2H3/t14-,15+,16-/m0/s1. The van der Waals surface area contributed by atoms with Crippen molar-refractivity contribution in [2.24, 2.45) is 17.8 Å². The van der Waals surface area contributed by atoms with E-state index in [4.69, 9.17) is 9.47 Å². The summed E-state index contributed by atoms with van der Waals surface area (Å²) in [6.45, 7) is 1.87. The second-order valence-corrected chi connectivity index (χ2v) is 7.87. The number of carbonyl (C=O) groups excluding carboxylic acids is 2. The SMILES string of the molecule is COC(=O)c1c(COC(=O)C[C@@H]2C[C@H]3CC[C@@H]2C3)nc2ccccc2c1C. The van der Waals surface area contributed by atoms with E-state index < -0.39 is 5.97 Å². The van der Waals surface area contributed by atoms with E-state index in [1.54, 1.807) is 0 Å². The molecule has 2 saturated carbocycles. The van der Waals surface area contributed by atoms with Crippen LogP contribution >= 0.6 is 0 Å². The Kier molecular flexibility index (Phi) is 4.85. The van der Waals surface area contributed by atoms with Gasteiger partial charge in [0.2, 0.25) is 0 Å². The van der Waals surface area contributed by atoms with Crippen LogP contribution in [0.2, 0.25) is 0 Å². The molecule has 0 saturated heterocycles. The van der Waals surface area contributed by atoms with Gasteiger partial charge in [0, 0.05) is 11.8 Å². The highest BCUT2D eigenvalue weighted by Crippen LogP contribution is 2.49. The van der Waals surface area contributed by atoms with Gasteiger partial charge in [-0.3, -0.25) is 4.79 Å². The number of aryl methyl sites for hydroxylation is 1. The Hall–Kier alpha value is -2.43. The van der Waals surface area contributed by atoms with Crippen molar-refractivity contribution in [2.45, 2.75) is 45.6 Å². The van der Waals surface area contributed by atoms with Crippen LogP contribution in [0.5, 0.6) is 0 Å². The van der Waals surface area contributed by atoms with Gasteiger partial charge in [0.25, 0.3) is 0 Å². The number of hydrogen-bond acceptors (Lipinski definition) is 5. The Balaban J connectivity index is 1.52. The molecule has 3 atom stereocenters. The van der Waals surface area contributed by atoms with Gasteiger partial charge in [0.05, 0.1) is 23.9 Å². The number of pyridine rings is 1. The van der Waals surface area contributed by atoms with Gasteiger partial charge < -0.3 is 9.47 Å². The van der Waals surface area contributed by atoms with Crippen LogP contribution in [0.15, 0.2) is 24.3 Å². The molecule has 27 heavy (non-hydrogen) atoms. The van der Waals surface area contributed by atoms with E-state index in [0.717, 1.165) is 28.8 Å². The minimum absolute atomic E-state index is 0.00421. The van der Waals surface area contributed by atoms with Crippen LogP contribution in [0.1, 0.15) is 53.7 Å². The quantitative estimate of drug-likeness (QED) is 0.741. The average Bonchev–Trinajstić information content (AvgIpc) is 3.29. The highest BCUT2D eigenvalue weighted by Gasteiger charge is 2.40. The predicted octanol–water partition coefficient (Wildman–Crippen LogP) is 4.20. The van der Waals surface area contributed by atoms with Crippen LogP contribution in [0.3, 0.4) is 0 Å². The van der Waals surface area contributed by atoms with Crippen LogP contribution in [-0.4, -0.2) is 24.0 Å². The summed E-state index contributed by atoms with van der Waals surface area (Å²) < 4.78 is 10.5. The number of nitrogens with zero attached hydrogens (tertiary/aromatic N) is 1. The molecule has 5 nitrogen and oxygen atoms in total. The van der Waals surface area contributed by atoms with Gasteiger partial charge >= 0.3 is 11.9 Å². The number of hydrogen-bond donors (Lipinski definition) is 0.